The van der Waals surface area contributed by atoms with Crippen LogP contribution in [0, 0.1) is 5.92 Å². The molecular formula is C16H23NO3. The normalized spacial score (nSPS) is 23.2. The predicted octanol–water partition coefficient (Wildman–Crippen LogP) is 2.64. The molecule has 1 aromatic rings. The van der Waals surface area contributed by atoms with Crippen LogP contribution in [0.15, 0.2) is 24.3 Å². The van der Waals surface area contributed by atoms with Crippen molar-refractivity contribution in [2.24, 2.45) is 5.92 Å². The van der Waals surface area contributed by atoms with E-state index in [1.54, 1.807) is 7.11 Å². The lowest BCUT2D eigenvalue weighted by atomic mass is 9.75. The highest BCUT2D eigenvalue weighted by Crippen LogP contribution is 2.41. The number of nitrogens with one attached hydrogen (secondary N) is 1. The zero-order valence-corrected chi connectivity index (χ0v) is 12.3. The Morgan fingerprint density at radius 3 is 2.55 bits per heavy atom. The monoisotopic (exact) mass is 277 g/mol. The van der Waals surface area contributed by atoms with Crippen molar-refractivity contribution in [3.8, 4) is 5.75 Å². The maximum absolute atomic E-state index is 11.2. The molecule has 1 fully saturated rings. The summed E-state index contributed by atoms with van der Waals surface area (Å²) in [6, 6.07) is 7.89. The lowest BCUT2D eigenvalue weighted by Crippen LogP contribution is -2.51. The number of benzene rings is 1. The Morgan fingerprint density at radius 2 is 2.00 bits per heavy atom. The summed E-state index contributed by atoms with van der Waals surface area (Å²) in [6.45, 7) is 3.87. The SMILES string of the molecule is COc1ccccc1C1CC(NC(C(=O)O)C(C)C)C1. The van der Waals surface area contributed by atoms with Gasteiger partial charge in [0.1, 0.15) is 11.8 Å². The van der Waals surface area contributed by atoms with Gasteiger partial charge >= 0.3 is 5.97 Å². The molecule has 4 nitrogen and oxygen atoms in total. The second-order valence-corrected chi connectivity index (χ2v) is 5.83. The average molecular weight is 277 g/mol. The third-order valence-corrected chi connectivity index (χ3v) is 4.06. The molecule has 4 heteroatoms. The number of para-hydroxylation sites is 1. The summed E-state index contributed by atoms with van der Waals surface area (Å²) in [5.74, 6) is 0.721. The largest absolute Gasteiger partial charge is 0.496 e. The quantitative estimate of drug-likeness (QED) is 0.839. The van der Waals surface area contributed by atoms with Gasteiger partial charge in [-0.05, 0) is 36.3 Å². The minimum atomic E-state index is -0.763. The van der Waals surface area contributed by atoms with Crippen molar-refractivity contribution in [3.63, 3.8) is 0 Å². The van der Waals surface area contributed by atoms with Crippen LogP contribution in [0.2, 0.25) is 0 Å². The third-order valence-electron chi connectivity index (χ3n) is 4.06. The van der Waals surface area contributed by atoms with E-state index in [9.17, 15) is 9.90 Å². The highest BCUT2D eigenvalue weighted by molar-refractivity contribution is 5.73. The van der Waals surface area contributed by atoms with E-state index >= 15 is 0 Å². The Hall–Kier alpha value is -1.55. The van der Waals surface area contributed by atoms with Crippen molar-refractivity contribution >= 4 is 5.97 Å². The Kier molecular flexibility index (Phi) is 4.65. The number of carboxylic acids is 1. The molecule has 2 N–H and O–H groups in total. The zero-order chi connectivity index (χ0) is 14.7. The van der Waals surface area contributed by atoms with Gasteiger partial charge in [0.25, 0.3) is 0 Å². The van der Waals surface area contributed by atoms with Crippen LogP contribution < -0.4 is 10.1 Å². The van der Waals surface area contributed by atoms with Crippen molar-refractivity contribution in [1.29, 1.82) is 0 Å². The van der Waals surface area contributed by atoms with Gasteiger partial charge in [-0.3, -0.25) is 4.79 Å². The van der Waals surface area contributed by atoms with Crippen LogP contribution in [0.1, 0.15) is 38.2 Å². The van der Waals surface area contributed by atoms with Crippen molar-refractivity contribution in [3.05, 3.63) is 29.8 Å². The molecule has 1 aliphatic rings. The fourth-order valence-electron chi connectivity index (χ4n) is 2.81. The minimum Gasteiger partial charge on any atom is -0.496 e. The Balaban J connectivity index is 1.93. The molecule has 2 rings (SSSR count). The molecule has 1 aliphatic carbocycles. The standard InChI is InChI=1S/C16H23NO3/c1-10(2)15(16(18)19)17-12-8-11(9-12)13-6-4-5-7-14(13)20-3/h4-7,10-12,15,17H,8-9H2,1-3H3,(H,18,19). The van der Waals surface area contributed by atoms with Crippen LogP contribution in [-0.2, 0) is 4.79 Å². The van der Waals surface area contributed by atoms with Crippen LogP contribution >= 0.6 is 0 Å². The number of carboxylic acid groups (broad SMARTS) is 1. The van der Waals surface area contributed by atoms with Gasteiger partial charge in [0, 0.05) is 6.04 Å². The van der Waals surface area contributed by atoms with Gasteiger partial charge in [0.15, 0.2) is 0 Å². The molecule has 0 spiro atoms. The molecule has 1 atom stereocenters. The smallest absolute Gasteiger partial charge is 0.320 e. The molecule has 0 aliphatic heterocycles. The molecule has 1 aromatic carbocycles. The number of methoxy groups -OCH3 is 1. The number of aliphatic carboxylic acids is 1. The molecule has 0 aromatic heterocycles. The first kappa shape index (κ1) is 14.9. The molecule has 0 saturated heterocycles. The first-order valence-corrected chi connectivity index (χ1v) is 7.14. The van der Waals surface area contributed by atoms with Crippen molar-refractivity contribution in [2.45, 2.75) is 44.7 Å². The minimum absolute atomic E-state index is 0.0952. The van der Waals surface area contributed by atoms with Gasteiger partial charge < -0.3 is 15.2 Å². The van der Waals surface area contributed by atoms with E-state index in [4.69, 9.17) is 4.74 Å². The highest BCUT2D eigenvalue weighted by atomic mass is 16.5. The number of hydrogen-bond acceptors (Lipinski definition) is 3. The van der Waals surface area contributed by atoms with E-state index in [0.29, 0.717) is 5.92 Å². The lowest BCUT2D eigenvalue weighted by Gasteiger charge is -2.39. The maximum atomic E-state index is 11.2. The Labute approximate surface area is 120 Å². The van der Waals surface area contributed by atoms with Crippen molar-refractivity contribution < 1.29 is 14.6 Å². The lowest BCUT2D eigenvalue weighted by molar-refractivity contribution is -0.141. The van der Waals surface area contributed by atoms with Gasteiger partial charge in [-0.1, -0.05) is 32.0 Å². The summed E-state index contributed by atoms with van der Waals surface area (Å²) < 4.78 is 5.38. The van der Waals surface area contributed by atoms with Gasteiger partial charge in [0.05, 0.1) is 7.11 Å². The second kappa shape index (κ2) is 6.27. The fraction of sp³-hybridized carbons (Fsp3) is 0.562. The Bertz CT molecular complexity index is 467. The zero-order valence-electron chi connectivity index (χ0n) is 12.3. The van der Waals surface area contributed by atoms with Crippen LogP contribution in [-0.4, -0.2) is 30.3 Å². The number of rotatable bonds is 6. The van der Waals surface area contributed by atoms with Crippen LogP contribution in [0.25, 0.3) is 0 Å². The van der Waals surface area contributed by atoms with E-state index in [1.807, 2.05) is 32.0 Å². The number of carbonyl (C=O) groups is 1. The molecule has 1 unspecified atom stereocenters. The molecular weight excluding hydrogens is 254 g/mol. The van der Waals surface area contributed by atoms with Crippen LogP contribution in [0.5, 0.6) is 5.75 Å². The first-order valence-electron chi connectivity index (χ1n) is 7.14. The second-order valence-electron chi connectivity index (χ2n) is 5.83. The molecule has 0 radical (unpaired) electrons. The summed E-state index contributed by atoms with van der Waals surface area (Å²) in [7, 11) is 1.69. The predicted molar refractivity (Wildman–Crippen MR) is 78.2 cm³/mol. The van der Waals surface area contributed by atoms with Gasteiger partial charge in [-0.2, -0.15) is 0 Å². The fourth-order valence-corrected chi connectivity index (χ4v) is 2.81. The Morgan fingerprint density at radius 1 is 1.35 bits per heavy atom. The van der Waals surface area contributed by atoms with Gasteiger partial charge in [-0.25, -0.2) is 0 Å². The van der Waals surface area contributed by atoms with E-state index < -0.39 is 12.0 Å². The molecule has 0 heterocycles. The van der Waals surface area contributed by atoms with Crippen molar-refractivity contribution in [2.75, 3.05) is 7.11 Å². The third kappa shape index (κ3) is 3.12. The number of hydrogen-bond donors (Lipinski definition) is 2. The summed E-state index contributed by atoms with van der Waals surface area (Å²) in [5, 5.41) is 12.4. The topological polar surface area (TPSA) is 58.6 Å². The van der Waals surface area contributed by atoms with Crippen LogP contribution in [0.4, 0.5) is 0 Å². The molecule has 0 bridgehead atoms. The van der Waals surface area contributed by atoms with E-state index in [1.165, 1.54) is 5.56 Å². The summed E-state index contributed by atoms with van der Waals surface area (Å²) in [6.07, 6.45) is 1.94. The maximum Gasteiger partial charge on any atom is 0.320 e. The highest BCUT2D eigenvalue weighted by Gasteiger charge is 2.35. The summed E-state index contributed by atoms with van der Waals surface area (Å²) in [5.41, 5.74) is 1.23. The van der Waals surface area contributed by atoms with Gasteiger partial charge in [-0.15, -0.1) is 0 Å². The van der Waals surface area contributed by atoms with E-state index in [2.05, 4.69) is 11.4 Å². The average Bonchev–Trinajstić information content (AvgIpc) is 2.36. The molecule has 20 heavy (non-hydrogen) atoms. The molecule has 1 saturated carbocycles. The summed E-state index contributed by atoms with van der Waals surface area (Å²) >= 11 is 0. The van der Waals surface area contributed by atoms with Gasteiger partial charge in [0.2, 0.25) is 0 Å². The van der Waals surface area contributed by atoms with E-state index in [-0.39, 0.29) is 12.0 Å². The first-order chi connectivity index (χ1) is 9.52. The number of ether oxygens (including phenoxy) is 1. The molecule has 0 amide bonds. The molecule has 110 valence electrons. The summed E-state index contributed by atoms with van der Waals surface area (Å²) in [4.78, 5) is 11.2. The van der Waals surface area contributed by atoms with E-state index in [0.717, 1.165) is 18.6 Å². The van der Waals surface area contributed by atoms with Crippen LogP contribution in [0.3, 0.4) is 0 Å². The van der Waals surface area contributed by atoms with Crippen molar-refractivity contribution in [1.82, 2.24) is 5.32 Å².